The first-order valence-electron chi connectivity index (χ1n) is 15.1. The first-order chi connectivity index (χ1) is 20.7. The quantitative estimate of drug-likeness (QED) is 0.234. The number of anilines is 1. The standard InChI is InChI=1S/C33H40N6O4/c1-5-21-14-19(2)6-7-28(21)43-18-23(40)16-35-26-8-11-34-32(41)29(26)31-36-27-15-24-25(20(3)30(27)37-31)17-39(33(24)42)22-9-12-38(4)13-10-22/h6-8,11,14-15,22-23,40H,5,9-10,12-13,16-18H2,1-4H3,(H,36,37)(H2,34,35,41)/t23-/m1/s1. The molecule has 43 heavy (non-hydrogen) atoms. The van der Waals surface area contributed by atoms with Crippen LogP contribution in [0.1, 0.15) is 52.4 Å². The number of benzene rings is 2. The number of hydrogen-bond acceptors (Lipinski definition) is 7. The van der Waals surface area contributed by atoms with E-state index in [0.29, 0.717) is 29.2 Å². The van der Waals surface area contributed by atoms with Gasteiger partial charge in [-0.15, -0.1) is 0 Å². The first kappa shape index (κ1) is 28.9. The fourth-order valence-electron chi connectivity index (χ4n) is 6.32. The Labute approximate surface area is 251 Å². The third kappa shape index (κ3) is 5.64. The maximum Gasteiger partial charge on any atom is 0.261 e. The predicted octanol–water partition coefficient (Wildman–Crippen LogP) is 4.00. The van der Waals surface area contributed by atoms with Crippen LogP contribution in [0.2, 0.25) is 0 Å². The Bertz CT molecular complexity index is 1720. The van der Waals surface area contributed by atoms with E-state index < -0.39 is 6.10 Å². The maximum atomic E-state index is 13.5. The summed E-state index contributed by atoms with van der Waals surface area (Å²) in [6.07, 6.45) is 3.56. The van der Waals surface area contributed by atoms with Crippen molar-refractivity contribution in [3.63, 3.8) is 0 Å². The molecule has 2 aromatic heterocycles. The first-order valence-corrected chi connectivity index (χ1v) is 15.1. The molecule has 0 bridgehead atoms. The fourth-order valence-corrected chi connectivity index (χ4v) is 6.32. The number of aromatic amines is 2. The van der Waals surface area contributed by atoms with Gasteiger partial charge in [0.25, 0.3) is 11.5 Å². The number of amides is 1. The number of hydrogen-bond donors (Lipinski definition) is 4. The van der Waals surface area contributed by atoms with Gasteiger partial charge in [-0.25, -0.2) is 4.98 Å². The van der Waals surface area contributed by atoms with Gasteiger partial charge in [-0.05, 0) is 88.1 Å². The fraction of sp³-hybridized carbons (Fsp3) is 0.424. The molecular formula is C33H40N6O4. The van der Waals surface area contributed by atoms with E-state index in [-0.39, 0.29) is 30.7 Å². The van der Waals surface area contributed by atoms with Crippen molar-refractivity contribution in [3.05, 3.63) is 74.7 Å². The summed E-state index contributed by atoms with van der Waals surface area (Å²) >= 11 is 0. The number of likely N-dealkylation sites (tertiary alicyclic amines) is 1. The van der Waals surface area contributed by atoms with Crippen LogP contribution in [0.4, 0.5) is 5.69 Å². The number of nitrogens with zero attached hydrogens (tertiary/aromatic N) is 3. The van der Waals surface area contributed by atoms with Crippen LogP contribution in [0.15, 0.2) is 41.3 Å². The molecule has 6 rings (SSSR count). The number of piperidine rings is 1. The minimum Gasteiger partial charge on any atom is -0.491 e. The van der Waals surface area contributed by atoms with Gasteiger partial charge in [-0.2, -0.15) is 0 Å². The van der Waals surface area contributed by atoms with Crippen molar-refractivity contribution in [1.29, 1.82) is 0 Å². The minimum absolute atomic E-state index is 0.0681. The number of fused-ring (bicyclic) bond motifs is 2. The van der Waals surface area contributed by atoms with Gasteiger partial charge in [0.05, 0.1) is 16.7 Å². The van der Waals surface area contributed by atoms with Gasteiger partial charge in [0, 0.05) is 30.9 Å². The van der Waals surface area contributed by atoms with Gasteiger partial charge in [-0.1, -0.05) is 24.6 Å². The summed E-state index contributed by atoms with van der Waals surface area (Å²) in [4.78, 5) is 41.7. The lowest BCUT2D eigenvalue weighted by molar-refractivity contribution is 0.0617. The lowest BCUT2D eigenvalue weighted by Gasteiger charge is -2.35. The summed E-state index contributed by atoms with van der Waals surface area (Å²) in [5, 5.41) is 13.9. The molecule has 1 saturated heterocycles. The topological polar surface area (TPSA) is 127 Å². The Hall–Kier alpha value is -4.15. The zero-order chi connectivity index (χ0) is 30.2. The van der Waals surface area contributed by atoms with Crippen molar-refractivity contribution >= 4 is 22.6 Å². The summed E-state index contributed by atoms with van der Waals surface area (Å²) in [5.74, 6) is 1.24. The molecular weight excluding hydrogens is 544 g/mol. The van der Waals surface area contributed by atoms with E-state index in [0.717, 1.165) is 65.8 Å². The number of nitrogens with one attached hydrogen (secondary N) is 3. The van der Waals surface area contributed by atoms with Crippen molar-refractivity contribution in [2.24, 2.45) is 0 Å². The summed E-state index contributed by atoms with van der Waals surface area (Å²) in [7, 11) is 2.12. The molecule has 0 saturated carbocycles. The molecule has 1 fully saturated rings. The van der Waals surface area contributed by atoms with Crippen molar-refractivity contribution in [2.75, 3.05) is 38.6 Å². The molecule has 0 spiro atoms. The van der Waals surface area contributed by atoms with E-state index in [9.17, 15) is 14.7 Å². The van der Waals surface area contributed by atoms with E-state index in [4.69, 9.17) is 9.72 Å². The maximum absolute atomic E-state index is 13.5. The highest BCUT2D eigenvalue weighted by Gasteiger charge is 2.36. The number of H-pyrrole nitrogens is 2. The highest BCUT2D eigenvalue weighted by Crippen LogP contribution is 2.35. The van der Waals surface area contributed by atoms with Crippen LogP contribution < -0.4 is 15.6 Å². The minimum atomic E-state index is -0.808. The Morgan fingerprint density at radius 3 is 2.72 bits per heavy atom. The Kier molecular flexibility index (Phi) is 7.98. The van der Waals surface area contributed by atoms with Crippen molar-refractivity contribution in [2.45, 2.75) is 58.7 Å². The molecule has 10 nitrogen and oxygen atoms in total. The van der Waals surface area contributed by atoms with Gasteiger partial charge in [0.2, 0.25) is 0 Å². The van der Waals surface area contributed by atoms with Crippen LogP contribution in [-0.2, 0) is 13.0 Å². The number of rotatable bonds is 9. The average Bonchev–Trinajstić information content (AvgIpc) is 3.57. The Morgan fingerprint density at radius 1 is 1.16 bits per heavy atom. The van der Waals surface area contributed by atoms with Crippen molar-refractivity contribution < 1.29 is 14.6 Å². The molecule has 226 valence electrons. The third-order valence-electron chi connectivity index (χ3n) is 8.86. The third-order valence-corrected chi connectivity index (χ3v) is 8.86. The highest BCUT2D eigenvalue weighted by atomic mass is 16.5. The largest absolute Gasteiger partial charge is 0.491 e. The molecule has 0 radical (unpaired) electrons. The molecule has 2 aliphatic rings. The van der Waals surface area contributed by atoms with Crippen LogP contribution in [0.5, 0.6) is 5.75 Å². The van der Waals surface area contributed by atoms with Gasteiger partial charge in [-0.3, -0.25) is 9.59 Å². The Balaban J connectivity index is 1.20. The second-order valence-electron chi connectivity index (χ2n) is 11.9. The lowest BCUT2D eigenvalue weighted by atomic mass is 10.0. The molecule has 0 aliphatic carbocycles. The average molecular weight is 585 g/mol. The number of aliphatic hydroxyl groups excluding tert-OH is 1. The summed E-state index contributed by atoms with van der Waals surface area (Å²) in [5.41, 5.74) is 6.99. The molecule has 2 aliphatic heterocycles. The summed E-state index contributed by atoms with van der Waals surface area (Å²) < 4.78 is 5.91. The van der Waals surface area contributed by atoms with Crippen molar-refractivity contribution in [1.82, 2.24) is 24.8 Å². The number of aliphatic hydroxyl groups is 1. The number of imidazole rings is 1. The number of carbonyl (C=O) groups excluding carboxylic acids is 1. The van der Waals surface area contributed by atoms with Crippen LogP contribution in [0.25, 0.3) is 22.4 Å². The molecule has 4 heterocycles. The zero-order valence-electron chi connectivity index (χ0n) is 25.3. The number of aryl methyl sites for hydroxylation is 3. The van der Waals surface area contributed by atoms with Crippen LogP contribution >= 0.6 is 0 Å². The van der Waals surface area contributed by atoms with Crippen LogP contribution in [0, 0.1) is 13.8 Å². The SMILES string of the molecule is CCc1cc(C)ccc1OC[C@H](O)CNc1cc[nH]c(=O)c1-c1nc2c(C)c3c(cc2[nH]1)C(=O)N(C1CCN(C)CC1)C3. The van der Waals surface area contributed by atoms with Crippen LogP contribution in [-0.4, -0.2) is 81.2 Å². The Morgan fingerprint density at radius 2 is 1.95 bits per heavy atom. The highest BCUT2D eigenvalue weighted by molar-refractivity contribution is 6.03. The van der Waals surface area contributed by atoms with Crippen molar-refractivity contribution in [3.8, 4) is 17.1 Å². The smallest absolute Gasteiger partial charge is 0.261 e. The number of carbonyl (C=O) groups is 1. The normalized spacial score (nSPS) is 16.6. The van der Waals surface area contributed by atoms with Gasteiger partial charge >= 0.3 is 0 Å². The molecule has 10 heteroatoms. The van der Waals surface area contributed by atoms with E-state index in [2.05, 4.69) is 40.2 Å². The lowest BCUT2D eigenvalue weighted by Crippen LogP contribution is -2.43. The van der Waals surface area contributed by atoms with E-state index >= 15 is 0 Å². The van der Waals surface area contributed by atoms with E-state index in [1.165, 1.54) is 5.56 Å². The molecule has 2 aromatic carbocycles. The van der Waals surface area contributed by atoms with E-state index in [1.54, 1.807) is 12.3 Å². The molecule has 1 amide bonds. The number of pyridine rings is 1. The van der Waals surface area contributed by atoms with Gasteiger partial charge in [0.1, 0.15) is 29.8 Å². The number of aromatic nitrogens is 3. The van der Waals surface area contributed by atoms with Gasteiger partial charge < -0.3 is 34.9 Å². The molecule has 1 atom stereocenters. The van der Waals surface area contributed by atoms with Crippen LogP contribution in [0.3, 0.4) is 0 Å². The summed E-state index contributed by atoms with van der Waals surface area (Å²) in [6.45, 7) is 8.99. The molecule has 0 unspecified atom stereocenters. The summed E-state index contributed by atoms with van der Waals surface area (Å²) in [6, 6.07) is 9.90. The zero-order valence-corrected chi connectivity index (χ0v) is 25.3. The van der Waals surface area contributed by atoms with Gasteiger partial charge in [0.15, 0.2) is 0 Å². The number of ether oxygens (including phenoxy) is 1. The van der Waals surface area contributed by atoms with E-state index in [1.807, 2.05) is 36.9 Å². The predicted molar refractivity (Wildman–Crippen MR) is 168 cm³/mol. The molecule has 4 N–H and O–H groups in total. The second-order valence-corrected chi connectivity index (χ2v) is 11.9. The molecule has 4 aromatic rings. The second kappa shape index (κ2) is 11.9. The monoisotopic (exact) mass is 584 g/mol.